The van der Waals surface area contributed by atoms with Crippen molar-refractivity contribution in [1.82, 2.24) is 25.5 Å². The van der Waals surface area contributed by atoms with Gasteiger partial charge in [-0.1, -0.05) is 0 Å². The minimum Gasteiger partial charge on any atom is -0.393 e. The highest BCUT2D eigenvalue weighted by Gasteiger charge is 1.99. The van der Waals surface area contributed by atoms with Crippen LogP contribution in [0.4, 0.5) is 0 Å². The Kier molecular flexibility index (Phi) is 3.78. The zero-order valence-electron chi connectivity index (χ0n) is 7.93. The highest BCUT2D eigenvalue weighted by Crippen LogP contribution is 1.88. The normalized spacial score (nSPS) is 13.2. The van der Waals surface area contributed by atoms with Crippen molar-refractivity contribution in [2.45, 2.75) is 26.0 Å². The summed E-state index contributed by atoms with van der Waals surface area (Å²) >= 11 is 0. The molecule has 0 aliphatic carbocycles. The van der Waals surface area contributed by atoms with E-state index in [0.717, 1.165) is 13.0 Å². The first-order valence-corrected chi connectivity index (χ1v) is 4.30. The molecule has 0 bridgehead atoms. The van der Waals surface area contributed by atoms with Crippen LogP contribution >= 0.6 is 0 Å². The Morgan fingerprint density at radius 2 is 2.38 bits per heavy atom. The van der Waals surface area contributed by atoms with Crippen molar-refractivity contribution in [2.24, 2.45) is 7.05 Å². The number of nitrogens with zero attached hydrogens (tertiary/aromatic N) is 4. The fourth-order valence-corrected chi connectivity index (χ4v) is 0.905. The topological polar surface area (TPSA) is 75.9 Å². The summed E-state index contributed by atoms with van der Waals surface area (Å²) in [5.41, 5.74) is 0. The van der Waals surface area contributed by atoms with Crippen LogP contribution in [0.5, 0.6) is 0 Å². The molecule has 0 aromatic carbocycles. The number of aliphatic hydroxyl groups is 1. The van der Waals surface area contributed by atoms with E-state index in [4.69, 9.17) is 5.11 Å². The first-order valence-electron chi connectivity index (χ1n) is 4.30. The van der Waals surface area contributed by atoms with Crippen molar-refractivity contribution in [2.75, 3.05) is 6.54 Å². The van der Waals surface area contributed by atoms with Crippen LogP contribution in [0.1, 0.15) is 19.2 Å². The van der Waals surface area contributed by atoms with Gasteiger partial charge in [-0.3, -0.25) is 0 Å². The number of aromatic nitrogens is 4. The fourth-order valence-electron chi connectivity index (χ4n) is 0.905. The zero-order valence-corrected chi connectivity index (χ0v) is 7.93. The first kappa shape index (κ1) is 10.1. The van der Waals surface area contributed by atoms with Gasteiger partial charge in [0, 0.05) is 0 Å². The Labute approximate surface area is 76.9 Å². The highest BCUT2D eigenvalue weighted by molar-refractivity contribution is 4.74. The number of aliphatic hydroxyl groups excluding tert-OH is 1. The summed E-state index contributed by atoms with van der Waals surface area (Å²) in [6, 6.07) is 0. The van der Waals surface area contributed by atoms with E-state index in [1.165, 1.54) is 4.80 Å². The number of hydrogen-bond donors (Lipinski definition) is 2. The molecule has 1 rings (SSSR count). The molecule has 0 fully saturated rings. The van der Waals surface area contributed by atoms with Gasteiger partial charge >= 0.3 is 0 Å². The van der Waals surface area contributed by atoms with E-state index >= 15 is 0 Å². The lowest BCUT2D eigenvalue weighted by molar-refractivity contribution is 0.183. The molecule has 0 amide bonds. The van der Waals surface area contributed by atoms with Crippen molar-refractivity contribution in [3.63, 3.8) is 0 Å². The van der Waals surface area contributed by atoms with Gasteiger partial charge in [0.2, 0.25) is 0 Å². The molecule has 1 atom stereocenters. The van der Waals surface area contributed by atoms with E-state index < -0.39 is 0 Å². The molecule has 0 saturated carbocycles. The van der Waals surface area contributed by atoms with Gasteiger partial charge in [-0.25, -0.2) is 0 Å². The van der Waals surface area contributed by atoms with Gasteiger partial charge in [-0.05, 0) is 25.1 Å². The number of nitrogens with one attached hydrogen (secondary N) is 1. The molecule has 2 N–H and O–H groups in total. The third kappa shape index (κ3) is 3.95. The first-order chi connectivity index (χ1) is 6.18. The Morgan fingerprint density at radius 1 is 1.62 bits per heavy atom. The summed E-state index contributed by atoms with van der Waals surface area (Å²) in [6.07, 6.45) is 0.475. The predicted molar refractivity (Wildman–Crippen MR) is 46.8 cm³/mol. The second kappa shape index (κ2) is 4.88. The number of rotatable bonds is 5. The molecule has 0 aliphatic rings. The number of tetrazole rings is 1. The van der Waals surface area contributed by atoms with E-state index in [9.17, 15) is 0 Å². The summed E-state index contributed by atoms with van der Waals surface area (Å²) in [6.45, 7) is 3.12. The van der Waals surface area contributed by atoms with Gasteiger partial charge in [-0.15, -0.1) is 10.2 Å². The molecule has 6 nitrogen and oxygen atoms in total. The van der Waals surface area contributed by atoms with Crippen LogP contribution in [0.3, 0.4) is 0 Å². The molecular formula is C7H15N5O. The molecule has 74 valence electrons. The van der Waals surface area contributed by atoms with E-state index in [1.807, 2.05) is 0 Å². The summed E-state index contributed by atoms with van der Waals surface area (Å²) in [7, 11) is 1.73. The number of aryl methyl sites for hydroxylation is 1. The highest BCUT2D eigenvalue weighted by atomic mass is 16.3. The largest absolute Gasteiger partial charge is 0.393 e. The van der Waals surface area contributed by atoms with Gasteiger partial charge in [0.25, 0.3) is 0 Å². The quantitative estimate of drug-likeness (QED) is 0.580. The van der Waals surface area contributed by atoms with Crippen molar-refractivity contribution in [1.29, 1.82) is 0 Å². The molecule has 0 radical (unpaired) electrons. The average Bonchev–Trinajstić information content (AvgIpc) is 2.45. The molecule has 6 heteroatoms. The number of hydrogen-bond acceptors (Lipinski definition) is 5. The van der Waals surface area contributed by atoms with Gasteiger partial charge < -0.3 is 10.4 Å². The average molecular weight is 185 g/mol. The third-order valence-electron chi connectivity index (χ3n) is 1.57. The van der Waals surface area contributed by atoms with Crippen LogP contribution in [0.2, 0.25) is 0 Å². The minimum absolute atomic E-state index is 0.262. The standard InChI is InChI=1S/C7H15N5O/c1-6(13)3-4-8-5-7-9-11-12(2)10-7/h6,8,13H,3-5H2,1-2H3. The van der Waals surface area contributed by atoms with Crippen molar-refractivity contribution in [3.05, 3.63) is 5.82 Å². The monoisotopic (exact) mass is 185 g/mol. The lowest BCUT2D eigenvalue weighted by Crippen LogP contribution is -2.19. The van der Waals surface area contributed by atoms with Crippen LogP contribution in [0.25, 0.3) is 0 Å². The predicted octanol–water partition coefficient (Wildman–Crippen LogP) is -0.929. The minimum atomic E-state index is -0.262. The van der Waals surface area contributed by atoms with E-state index in [2.05, 4.69) is 20.7 Å². The molecule has 13 heavy (non-hydrogen) atoms. The van der Waals surface area contributed by atoms with Gasteiger partial charge in [-0.2, -0.15) is 4.80 Å². The van der Waals surface area contributed by atoms with Crippen LogP contribution in [0.15, 0.2) is 0 Å². The molecule has 0 spiro atoms. The van der Waals surface area contributed by atoms with E-state index in [1.54, 1.807) is 14.0 Å². The maximum absolute atomic E-state index is 8.97. The summed E-state index contributed by atoms with van der Waals surface area (Å²) in [4.78, 5) is 1.42. The second-order valence-electron chi connectivity index (χ2n) is 3.01. The summed E-state index contributed by atoms with van der Waals surface area (Å²) in [5, 5.41) is 23.6. The SMILES string of the molecule is CC(O)CCNCc1nnn(C)n1. The Hall–Kier alpha value is -1.01. The molecule has 1 aromatic heterocycles. The molecule has 1 unspecified atom stereocenters. The van der Waals surface area contributed by atoms with Crippen LogP contribution in [-0.4, -0.2) is 38.0 Å². The van der Waals surface area contributed by atoms with Crippen molar-refractivity contribution in [3.8, 4) is 0 Å². The molecule has 1 heterocycles. The fraction of sp³-hybridized carbons (Fsp3) is 0.857. The smallest absolute Gasteiger partial charge is 0.188 e. The van der Waals surface area contributed by atoms with E-state index in [0.29, 0.717) is 12.4 Å². The maximum atomic E-state index is 8.97. The second-order valence-corrected chi connectivity index (χ2v) is 3.01. The maximum Gasteiger partial charge on any atom is 0.188 e. The molecule has 0 saturated heterocycles. The van der Waals surface area contributed by atoms with Crippen molar-refractivity contribution < 1.29 is 5.11 Å². The Bertz CT molecular complexity index is 247. The lowest BCUT2D eigenvalue weighted by atomic mass is 10.3. The molecule has 1 aromatic rings. The van der Waals surface area contributed by atoms with Gasteiger partial charge in [0.05, 0.1) is 19.7 Å². The summed E-state index contributed by atoms with van der Waals surface area (Å²) in [5.74, 6) is 0.674. The van der Waals surface area contributed by atoms with Gasteiger partial charge in [0.15, 0.2) is 5.82 Å². The Morgan fingerprint density at radius 3 is 2.92 bits per heavy atom. The summed E-state index contributed by atoms with van der Waals surface area (Å²) < 4.78 is 0. The van der Waals surface area contributed by atoms with E-state index in [-0.39, 0.29) is 6.10 Å². The Balaban J connectivity index is 2.13. The lowest BCUT2D eigenvalue weighted by Gasteiger charge is -2.03. The van der Waals surface area contributed by atoms with Crippen LogP contribution in [0, 0.1) is 0 Å². The molecular weight excluding hydrogens is 170 g/mol. The zero-order chi connectivity index (χ0) is 9.68. The molecule has 0 aliphatic heterocycles. The van der Waals surface area contributed by atoms with Crippen LogP contribution in [-0.2, 0) is 13.6 Å². The third-order valence-corrected chi connectivity index (χ3v) is 1.57. The van der Waals surface area contributed by atoms with Crippen molar-refractivity contribution >= 4 is 0 Å². The van der Waals surface area contributed by atoms with Gasteiger partial charge in [0.1, 0.15) is 0 Å². The van der Waals surface area contributed by atoms with Crippen LogP contribution < -0.4 is 5.32 Å².